The van der Waals surface area contributed by atoms with Crippen LogP contribution in [0.5, 0.6) is 0 Å². The molecular weight excluding hydrogens is 204 g/mol. The molecule has 0 saturated heterocycles. The Morgan fingerprint density at radius 1 is 1.43 bits per heavy atom. The van der Waals surface area contributed by atoms with Gasteiger partial charge in [0.05, 0.1) is 10.4 Å². The van der Waals surface area contributed by atoms with Gasteiger partial charge in [0.25, 0.3) is 5.69 Å². The number of benzene rings is 1. The van der Waals surface area contributed by atoms with Crippen LogP contribution in [0.2, 0.25) is 5.02 Å². The van der Waals surface area contributed by atoms with Crippen LogP contribution in [0.15, 0.2) is 30.5 Å². The molecule has 5 heteroatoms. The Kier molecular flexibility index (Phi) is 2.05. The lowest BCUT2D eigenvalue weighted by atomic mass is 10.2. The van der Waals surface area contributed by atoms with Crippen molar-refractivity contribution in [2.75, 3.05) is 0 Å². The average molecular weight is 209 g/mol. The third-order valence-corrected chi connectivity index (χ3v) is 2.17. The van der Waals surface area contributed by atoms with E-state index in [0.717, 1.165) is 5.39 Å². The minimum Gasteiger partial charge on any atom is -0.258 e. The lowest BCUT2D eigenvalue weighted by Gasteiger charge is -1.98. The number of nitro benzene ring substituents is 1. The first kappa shape index (κ1) is 8.90. The fraction of sp³-hybridized carbons (Fsp3) is 0. The Morgan fingerprint density at radius 3 is 2.93 bits per heavy atom. The Labute approximate surface area is 84.3 Å². The molecule has 0 bridgehead atoms. The minimum atomic E-state index is -0.517. The number of halogens is 1. The zero-order valence-corrected chi connectivity index (χ0v) is 7.73. The maximum atomic E-state index is 10.6. The molecule has 1 aromatic heterocycles. The van der Waals surface area contributed by atoms with Gasteiger partial charge in [-0.05, 0) is 12.1 Å². The SMILES string of the molecule is O=[N+]([O-])c1cc2ncccc2cc1Cl. The Morgan fingerprint density at radius 2 is 2.21 bits per heavy atom. The van der Waals surface area contributed by atoms with E-state index in [1.165, 1.54) is 6.07 Å². The van der Waals surface area contributed by atoms with Crippen molar-refractivity contribution in [3.05, 3.63) is 45.6 Å². The van der Waals surface area contributed by atoms with Gasteiger partial charge in [-0.3, -0.25) is 15.1 Å². The molecule has 0 radical (unpaired) electrons. The van der Waals surface area contributed by atoms with Crippen molar-refractivity contribution in [1.29, 1.82) is 0 Å². The molecule has 70 valence electrons. The van der Waals surface area contributed by atoms with Crippen LogP contribution < -0.4 is 0 Å². The highest BCUT2D eigenvalue weighted by molar-refractivity contribution is 6.33. The van der Waals surface area contributed by atoms with Crippen molar-refractivity contribution in [2.45, 2.75) is 0 Å². The molecule has 1 aromatic carbocycles. The van der Waals surface area contributed by atoms with Crippen LogP contribution in [-0.2, 0) is 0 Å². The van der Waals surface area contributed by atoms with Crippen LogP contribution in [-0.4, -0.2) is 9.91 Å². The summed E-state index contributed by atoms with van der Waals surface area (Å²) in [5.41, 5.74) is 0.460. The van der Waals surface area contributed by atoms with E-state index in [2.05, 4.69) is 4.98 Å². The molecule has 4 nitrogen and oxygen atoms in total. The van der Waals surface area contributed by atoms with Gasteiger partial charge in [0.2, 0.25) is 0 Å². The van der Waals surface area contributed by atoms with E-state index < -0.39 is 4.92 Å². The Balaban J connectivity index is 2.77. The van der Waals surface area contributed by atoms with Gasteiger partial charge < -0.3 is 0 Å². The molecule has 0 aliphatic heterocycles. The molecule has 0 fully saturated rings. The smallest absolute Gasteiger partial charge is 0.258 e. The molecule has 0 amide bonds. The highest BCUT2D eigenvalue weighted by Gasteiger charge is 2.13. The van der Waals surface area contributed by atoms with Crippen LogP contribution in [0.4, 0.5) is 5.69 Å². The molecule has 2 rings (SSSR count). The zero-order chi connectivity index (χ0) is 10.1. The minimum absolute atomic E-state index is 0.113. The maximum Gasteiger partial charge on any atom is 0.290 e. The van der Waals surface area contributed by atoms with E-state index in [1.807, 2.05) is 0 Å². The van der Waals surface area contributed by atoms with E-state index in [-0.39, 0.29) is 10.7 Å². The molecule has 0 spiro atoms. The highest BCUT2D eigenvalue weighted by Crippen LogP contribution is 2.28. The van der Waals surface area contributed by atoms with Gasteiger partial charge in [-0.25, -0.2) is 0 Å². The lowest BCUT2D eigenvalue weighted by Crippen LogP contribution is -1.89. The monoisotopic (exact) mass is 208 g/mol. The molecule has 0 atom stereocenters. The number of rotatable bonds is 1. The van der Waals surface area contributed by atoms with Crippen LogP contribution >= 0.6 is 11.6 Å². The number of nitrogens with zero attached hydrogens (tertiary/aromatic N) is 2. The molecule has 2 aromatic rings. The zero-order valence-electron chi connectivity index (χ0n) is 6.98. The number of fused-ring (bicyclic) bond motifs is 1. The van der Waals surface area contributed by atoms with E-state index >= 15 is 0 Å². The number of hydrogen-bond acceptors (Lipinski definition) is 3. The molecule has 0 unspecified atom stereocenters. The quantitative estimate of drug-likeness (QED) is 0.535. The van der Waals surface area contributed by atoms with Crippen LogP contribution in [0.25, 0.3) is 10.9 Å². The van der Waals surface area contributed by atoms with Crippen molar-refractivity contribution >= 4 is 28.2 Å². The van der Waals surface area contributed by atoms with Gasteiger partial charge in [-0.15, -0.1) is 0 Å². The first-order valence-electron chi connectivity index (χ1n) is 3.87. The van der Waals surface area contributed by atoms with Crippen LogP contribution in [0, 0.1) is 10.1 Å². The van der Waals surface area contributed by atoms with Crippen molar-refractivity contribution in [2.24, 2.45) is 0 Å². The first-order valence-corrected chi connectivity index (χ1v) is 4.25. The van der Waals surface area contributed by atoms with Gasteiger partial charge in [0, 0.05) is 17.6 Å². The molecule has 0 N–H and O–H groups in total. The largest absolute Gasteiger partial charge is 0.290 e. The summed E-state index contributed by atoms with van der Waals surface area (Å²) in [4.78, 5) is 14.0. The normalized spacial score (nSPS) is 10.4. The van der Waals surface area contributed by atoms with Gasteiger partial charge in [-0.2, -0.15) is 0 Å². The van der Waals surface area contributed by atoms with Crippen molar-refractivity contribution in [3.8, 4) is 0 Å². The Hall–Kier alpha value is -1.68. The fourth-order valence-electron chi connectivity index (χ4n) is 1.22. The molecule has 14 heavy (non-hydrogen) atoms. The average Bonchev–Trinajstić information content (AvgIpc) is 2.16. The summed E-state index contributed by atoms with van der Waals surface area (Å²) in [5.74, 6) is 0. The van der Waals surface area contributed by atoms with Crippen LogP contribution in [0.1, 0.15) is 0 Å². The van der Waals surface area contributed by atoms with Crippen LogP contribution in [0.3, 0.4) is 0 Å². The summed E-state index contributed by atoms with van der Waals surface area (Å²) in [6.07, 6.45) is 1.58. The Bertz CT molecular complexity index is 513. The summed E-state index contributed by atoms with van der Waals surface area (Å²) in [5, 5.41) is 11.5. The predicted octanol–water partition coefficient (Wildman–Crippen LogP) is 2.80. The topological polar surface area (TPSA) is 56.0 Å². The van der Waals surface area contributed by atoms with Crippen molar-refractivity contribution in [1.82, 2.24) is 4.98 Å². The third-order valence-electron chi connectivity index (χ3n) is 1.87. The molecular formula is C9H5ClN2O2. The van der Waals surface area contributed by atoms with Gasteiger partial charge >= 0.3 is 0 Å². The van der Waals surface area contributed by atoms with Gasteiger partial charge in [-0.1, -0.05) is 17.7 Å². The summed E-state index contributed by atoms with van der Waals surface area (Å²) < 4.78 is 0. The number of nitro groups is 1. The van der Waals surface area contributed by atoms with Crippen molar-refractivity contribution in [3.63, 3.8) is 0 Å². The maximum absolute atomic E-state index is 10.6. The molecule has 0 saturated carbocycles. The summed E-state index contributed by atoms with van der Waals surface area (Å²) >= 11 is 5.73. The number of hydrogen-bond donors (Lipinski definition) is 0. The first-order chi connectivity index (χ1) is 6.68. The second-order valence-electron chi connectivity index (χ2n) is 2.76. The number of aromatic nitrogens is 1. The summed E-state index contributed by atoms with van der Waals surface area (Å²) in [7, 11) is 0. The van der Waals surface area contributed by atoms with Gasteiger partial charge in [0.15, 0.2) is 0 Å². The second kappa shape index (κ2) is 3.23. The second-order valence-corrected chi connectivity index (χ2v) is 3.16. The molecule has 0 aliphatic carbocycles. The molecule has 1 heterocycles. The fourth-order valence-corrected chi connectivity index (χ4v) is 1.46. The summed E-state index contributed by atoms with van der Waals surface area (Å²) in [6.45, 7) is 0. The lowest BCUT2D eigenvalue weighted by molar-refractivity contribution is -0.384. The molecule has 0 aliphatic rings. The van der Waals surface area contributed by atoms with E-state index in [9.17, 15) is 10.1 Å². The number of pyridine rings is 1. The van der Waals surface area contributed by atoms with Crippen molar-refractivity contribution < 1.29 is 4.92 Å². The van der Waals surface area contributed by atoms with E-state index in [4.69, 9.17) is 11.6 Å². The highest BCUT2D eigenvalue weighted by atomic mass is 35.5. The van der Waals surface area contributed by atoms with E-state index in [1.54, 1.807) is 24.4 Å². The predicted molar refractivity (Wildman–Crippen MR) is 53.4 cm³/mol. The third kappa shape index (κ3) is 1.40. The summed E-state index contributed by atoms with van der Waals surface area (Å²) in [6, 6.07) is 6.47. The van der Waals surface area contributed by atoms with Gasteiger partial charge in [0.1, 0.15) is 5.02 Å². The van der Waals surface area contributed by atoms with E-state index in [0.29, 0.717) is 5.52 Å². The standard InChI is InChI=1S/C9H5ClN2O2/c10-7-4-6-2-1-3-11-8(6)5-9(7)12(13)14/h1-5H.